The number of carbonyl (C=O) groups excluding carboxylic acids is 1. The van der Waals surface area contributed by atoms with Gasteiger partial charge in [0, 0.05) is 57.8 Å². The Morgan fingerprint density at radius 3 is 2.61 bits per heavy atom. The maximum atomic E-state index is 11.9. The summed E-state index contributed by atoms with van der Waals surface area (Å²) in [5.41, 5.74) is 6.95. The molecule has 2 N–H and O–H groups in total. The highest BCUT2D eigenvalue weighted by atomic mass is 16.2. The van der Waals surface area contributed by atoms with Gasteiger partial charge in [-0.15, -0.1) is 0 Å². The monoisotopic (exact) mass is 315 g/mol. The third-order valence-corrected chi connectivity index (χ3v) is 4.37. The lowest BCUT2D eigenvalue weighted by atomic mass is 10.2. The van der Waals surface area contributed by atoms with Crippen molar-refractivity contribution in [2.75, 3.05) is 44.2 Å². The summed E-state index contributed by atoms with van der Waals surface area (Å²) in [5.74, 6) is 0.930. The second kappa shape index (κ2) is 7.97. The molecule has 1 fully saturated rings. The Balaban J connectivity index is 1.33. The van der Waals surface area contributed by atoms with E-state index in [2.05, 4.69) is 49.9 Å². The minimum absolute atomic E-state index is 0.0325. The number of carbonyl (C=O) groups is 1. The van der Waals surface area contributed by atoms with Crippen LogP contribution in [0.5, 0.6) is 0 Å². The first-order chi connectivity index (χ1) is 11.3. The topological polar surface area (TPSA) is 60.0 Å². The van der Waals surface area contributed by atoms with Crippen LogP contribution < -0.4 is 15.8 Å². The predicted molar refractivity (Wildman–Crippen MR) is 92.5 cm³/mol. The SMILES string of the molecule is O=C(CCN1CCN(c2ccccc2)CC1)NNC1=NCCC1. The lowest BCUT2D eigenvalue weighted by Crippen LogP contribution is -2.48. The number of para-hydroxylation sites is 1. The van der Waals surface area contributed by atoms with Gasteiger partial charge in [-0.1, -0.05) is 18.2 Å². The van der Waals surface area contributed by atoms with Gasteiger partial charge in [0.2, 0.25) is 5.91 Å². The smallest absolute Gasteiger partial charge is 0.239 e. The fraction of sp³-hybridized carbons (Fsp3) is 0.529. The van der Waals surface area contributed by atoms with Gasteiger partial charge in [0.1, 0.15) is 5.84 Å². The lowest BCUT2D eigenvalue weighted by Gasteiger charge is -2.36. The van der Waals surface area contributed by atoms with Crippen LogP contribution in [-0.2, 0) is 4.79 Å². The zero-order chi connectivity index (χ0) is 15.9. The first-order valence-electron chi connectivity index (χ1n) is 8.42. The number of anilines is 1. The number of hydrogen-bond acceptors (Lipinski definition) is 5. The van der Waals surface area contributed by atoms with Gasteiger partial charge in [-0.05, 0) is 18.6 Å². The largest absolute Gasteiger partial charge is 0.369 e. The zero-order valence-corrected chi connectivity index (χ0v) is 13.5. The average Bonchev–Trinajstić information content (AvgIpc) is 3.13. The number of amidine groups is 1. The van der Waals surface area contributed by atoms with Crippen molar-refractivity contribution < 1.29 is 4.79 Å². The van der Waals surface area contributed by atoms with Crippen molar-refractivity contribution in [1.29, 1.82) is 0 Å². The Morgan fingerprint density at radius 1 is 1.13 bits per heavy atom. The van der Waals surface area contributed by atoms with E-state index in [4.69, 9.17) is 0 Å². The third kappa shape index (κ3) is 4.69. The van der Waals surface area contributed by atoms with E-state index in [-0.39, 0.29) is 5.91 Å². The molecule has 0 radical (unpaired) electrons. The van der Waals surface area contributed by atoms with Crippen LogP contribution in [0.15, 0.2) is 35.3 Å². The Bertz CT molecular complexity index is 537. The first kappa shape index (κ1) is 15.8. The second-order valence-corrected chi connectivity index (χ2v) is 6.02. The van der Waals surface area contributed by atoms with E-state index in [1.807, 2.05) is 6.07 Å². The molecule has 2 heterocycles. The number of benzene rings is 1. The second-order valence-electron chi connectivity index (χ2n) is 6.02. The fourth-order valence-electron chi connectivity index (χ4n) is 2.97. The number of nitrogens with one attached hydrogen (secondary N) is 2. The van der Waals surface area contributed by atoms with Gasteiger partial charge < -0.3 is 4.90 Å². The third-order valence-electron chi connectivity index (χ3n) is 4.37. The van der Waals surface area contributed by atoms with Crippen LogP contribution in [0.3, 0.4) is 0 Å². The summed E-state index contributed by atoms with van der Waals surface area (Å²) < 4.78 is 0. The molecule has 6 heteroatoms. The number of rotatable bonds is 4. The minimum atomic E-state index is 0.0325. The molecule has 1 amide bonds. The quantitative estimate of drug-likeness (QED) is 0.814. The molecule has 1 saturated heterocycles. The number of piperazine rings is 1. The van der Waals surface area contributed by atoms with Crippen LogP contribution in [-0.4, -0.2) is 55.9 Å². The Hall–Kier alpha value is -2.08. The Kier molecular flexibility index (Phi) is 5.47. The molecule has 23 heavy (non-hydrogen) atoms. The van der Waals surface area contributed by atoms with E-state index in [0.29, 0.717) is 6.42 Å². The summed E-state index contributed by atoms with van der Waals surface area (Å²) in [4.78, 5) is 20.9. The van der Waals surface area contributed by atoms with Gasteiger partial charge in [0.25, 0.3) is 0 Å². The number of hydrazine groups is 1. The molecule has 0 spiro atoms. The molecule has 1 aromatic rings. The predicted octanol–water partition coefficient (Wildman–Crippen LogP) is 1.01. The molecular weight excluding hydrogens is 290 g/mol. The van der Waals surface area contributed by atoms with Crippen LogP contribution >= 0.6 is 0 Å². The highest BCUT2D eigenvalue weighted by Gasteiger charge is 2.17. The number of hydrogen-bond donors (Lipinski definition) is 2. The van der Waals surface area contributed by atoms with Crippen LogP contribution in [0.1, 0.15) is 19.3 Å². The van der Waals surface area contributed by atoms with Crippen LogP contribution in [0.25, 0.3) is 0 Å². The summed E-state index contributed by atoms with van der Waals surface area (Å²) >= 11 is 0. The van der Waals surface area contributed by atoms with Crippen molar-refractivity contribution in [1.82, 2.24) is 15.8 Å². The molecule has 6 nitrogen and oxygen atoms in total. The molecule has 0 aliphatic carbocycles. The average molecular weight is 315 g/mol. The number of aliphatic imine (C=N–C) groups is 1. The van der Waals surface area contributed by atoms with Gasteiger partial charge in [-0.3, -0.25) is 25.5 Å². The molecule has 1 aromatic carbocycles. The van der Waals surface area contributed by atoms with Crippen LogP contribution in [0, 0.1) is 0 Å². The zero-order valence-electron chi connectivity index (χ0n) is 13.5. The molecule has 0 unspecified atom stereocenters. The lowest BCUT2D eigenvalue weighted by molar-refractivity contribution is -0.122. The summed E-state index contributed by atoms with van der Waals surface area (Å²) in [6.07, 6.45) is 2.53. The normalized spacial score (nSPS) is 18.6. The van der Waals surface area contributed by atoms with Crippen LogP contribution in [0.2, 0.25) is 0 Å². The van der Waals surface area contributed by atoms with Gasteiger partial charge >= 0.3 is 0 Å². The van der Waals surface area contributed by atoms with E-state index in [0.717, 1.165) is 57.9 Å². The van der Waals surface area contributed by atoms with Crippen molar-refractivity contribution in [2.45, 2.75) is 19.3 Å². The summed E-state index contributed by atoms with van der Waals surface area (Å²) in [7, 11) is 0. The highest BCUT2D eigenvalue weighted by molar-refractivity contribution is 5.86. The molecule has 0 aromatic heterocycles. The maximum absolute atomic E-state index is 11.9. The van der Waals surface area contributed by atoms with E-state index in [1.54, 1.807) is 0 Å². The molecule has 0 atom stereocenters. The molecule has 3 rings (SSSR count). The van der Waals surface area contributed by atoms with Gasteiger partial charge in [0.05, 0.1) is 0 Å². The Morgan fingerprint density at radius 2 is 1.91 bits per heavy atom. The molecule has 2 aliphatic heterocycles. The van der Waals surface area contributed by atoms with Gasteiger partial charge in [-0.2, -0.15) is 0 Å². The van der Waals surface area contributed by atoms with E-state index >= 15 is 0 Å². The van der Waals surface area contributed by atoms with Crippen molar-refractivity contribution in [3.63, 3.8) is 0 Å². The Labute approximate surface area is 137 Å². The molecule has 124 valence electrons. The van der Waals surface area contributed by atoms with Crippen LogP contribution in [0.4, 0.5) is 5.69 Å². The minimum Gasteiger partial charge on any atom is -0.369 e. The maximum Gasteiger partial charge on any atom is 0.239 e. The molecular formula is C17H25N5O. The first-order valence-corrected chi connectivity index (χ1v) is 8.42. The van der Waals surface area contributed by atoms with Gasteiger partial charge in [0.15, 0.2) is 0 Å². The van der Waals surface area contributed by atoms with E-state index in [1.165, 1.54) is 5.69 Å². The van der Waals surface area contributed by atoms with Crippen molar-refractivity contribution in [2.24, 2.45) is 4.99 Å². The molecule has 0 bridgehead atoms. The van der Waals surface area contributed by atoms with E-state index in [9.17, 15) is 4.79 Å². The van der Waals surface area contributed by atoms with Crippen molar-refractivity contribution in [3.8, 4) is 0 Å². The molecule has 0 saturated carbocycles. The summed E-state index contributed by atoms with van der Waals surface area (Å²) in [6, 6.07) is 10.5. The van der Waals surface area contributed by atoms with Crippen molar-refractivity contribution >= 4 is 17.4 Å². The van der Waals surface area contributed by atoms with Crippen molar-refractivity contribution in [3.05, 3.63) is 30.3 Å². The summed E-state index contributed by atoms with van der Waals surface area (Å²) in [6.45, 7) is 5.71. The number of nitrogens with zero attached hydrogens (tertiary/aromatic N) is 3. The fourth-order valence-corrected chi connectivity index (χ4v) is 2.97. The highest BCUT2D eigenvalue weighted by Crippen LogP contribution is 2.15. The van der Waals surface area contributed by atoms with Gasteiger partial charge in [-0.25, -0.2) is 0 Å². The summed E-state index contributed by atoms with van der Waals surface area (Å²) in [5, 5.41) is 0. The standard InChI is InChI=1S/C17H25N5O/c23-17(20-19-16-7-4-9-18-16)8-10-21-11-13-22(14-12-21)15-5-2-1-3-6-15/h1-3,5-6H,4,7-14H2,(H,18,19)(H,20,23). The van der Waals surface area contributed by atoms with E-state index < -0.39 is 0 Å². The number of amides is 1. The molecule has 2 aliphatic rings.